The topological polar surface area (TPSA) is 52.7 Å². The van der Waals surface area contributed by atoms with Crippen molar-refractivity contribution in [2.75, 3.05) is 32.7 Å². The third-order valence-electron chi connectivity index (χ3n) is 4.31. The Labute approximate surface area is 152 Å². The average molecular weight is 396 g/mol. The van der Waals surface area contributed by atoms with Gasteiger partial charge in [-0.05, 0) is 57.5 Å². The standard InChI is InChI=1S/C18H26BrN3O2/c1-3-20-16(23)13-21(4-2)18(24)17(22-10-5-6-11-22)14-8-7-9-15(19)12-14/h7-9,12,17H,3-6,10-11,13H2,1-2H3,(H,20,23)/t17-/m0/s1. The molecule has 0 spiro atoms. The molecule has 6 heteroatoms. The molecular formula is C18H26BrN3O2. The molecule has 1 saturated heterocycles. The summed E-state index contributed by atoms with van der Waals surface area (Å²) in [5.74, 6) is -0.106. The minimum absolute atomic E-state index is 0.00348. The largest absolute Gasteiger partial charge is 0.355 e. The summed E-state index contributed by atoms with van der Waals surface area (Å²) >= 11 is 3.50. The van der Waals surface area contributed by atoms with Gasteiger partial charge in [0.05, 0.1) is 6.54 Å². The average Bonchev–Trinajstić information content (AvgIpc) is 3.07. The maximum atomic E-state index is 13.2. The first-order chi connectivity index (χ1) is 11.6. The van der Waals surface area contributed by atoms with E-state index in [1.54, 1.807) is 4.90 Å². The lowest BCUT2D eigenvalue weighted by Gasteiger charge is -2.32. The van der Waals surface area contributed by atoms with E-state index in [2.05, 4.69) is 26.1 Å². The van der Waals surface area contributed by atoms with Gasteiger partial charge in [0.25, 0.3) is 0 Å². The van der Waals surface area contributed by atoms with Gasteiger partial charge in [0.2, 0.25) is 11.8 Å². The fraction of sp³-hybridized carbons (Fsp3) is 0.556. The number of hydrogen-bond acceptors (Lipinski definition) is 3. The number of amides is 2. The van der Waals surface area contributed by atoms with Crippen LogP contribution in [0.5, 0.6) is 0 Å². The highest BCUT2D eigenvalue weighted by molar-refractivity contribution is 9.10. The van der Waals surface area contributed by atoms with Crippen LogP contribution in [0.15, 0.2) is 28.7 Å². The third-order valence-corrected chi connectivity index (χ3v) is 4.80. The van der Waals surface area contributed by atoms with Crippen LogP contribution in [0, 0.1) is 0 Å². The van der Waals surface area contributed by atoms with Crippen LogP contribution in [0.25, 0.3) is 0 Å². The Morgan fingerprint density at radius 3 is 2.58 bits per heavy atom. The number of hydrogen-bond donors (Lipinski definition) is 1. The molecule has 1 heterocycles. The second-order valence-electron chi connectivity index (χ2n) is 6.01. The van der Waals surface area contributed by atoms with Gasteiger partial charge in [0.15, 0.2) is 0 Å². The number of likely N-dealkylation sites (N-methyl/N-ethyl adjacent to an activating group) is 2. The molecular weight excluding hydrogens is 370 g/mol. The van der Waals surface area contributed by atoms with Gasteiger partial charge in [-0.3, -0.25) is 14.5 Å². The van der Waals surface area contributed by atoms with E-state index < -0.39 is 0 Å². The lowest BCUT2D eigenvalue weighted by molar-refractivity contribution is -0.140. The summed E-state index contributed by atoms with van der Waals surface area (Å²) in [5.41, 5.74) is 0.977. The summed E-state index contributed by atoms with van der Waals surface area (Å²) < 4.78 is 0.962. The number of halogens is 1. The number of nitrogens with zero attached hydrogens (tertiary/aromatic N) is 2. The van der Waals surface area contributed by atoms with Crippen molar-refractivity contribution in [2.45, 2.75) is 32.7 Å². The smallest absolute Gasteiger partial charge is 0.244 e. The summed E-state index contributed by atoms with van der Waals surface area (Å²) in [5, 5.41) is 2.77. The molecule has 1 aromatic rings. The van der Waals surface area contributed by atoms with Crippen molar-refractivity contribution in [3.8, 4) is 0 Å². The van der Waals surface area contributed by atoms with E-state index in [1.165, 1.54) is 0 Å². The predicted molar refractivity (Wildman–Crippen MR) is 98.6 cm³/mol. The van der Waals surface area contributed by atoms with Crippen LogP contribution in [0.4, 0.5) is 0 Å². The minimum atomic E-state index is -0.320. The van der Waals surface area contributed by atoms with Gasteiger partial charge < -0.3 is 10.2 Å². The molecule has 1 aliphatic heterocycles. The molecule has 0 bridgehead atoms. The van der Waals surface area contributed by atoms with Crippen LogP contribution >= 0.6 is 15.9 Å². The van der Waals surface area contributed by atoms with Crippen molar-refractivity contribution in [3.63, 3.8) is 0 Å². The molecule has 0 saturated carbocycles. The van der Waals surface area contributed by atoms with Crippen LogP contribution < -0.4 is 5.32 Å². The lowest BCUT2D eigenvalue weighted by atomic mass is 10.0. The van der Waals surface area contributed by atoms with Gasteiger partial charge in [-0.2, -0.15) is 0 Å². The lowest BCUT2D eigenvalue weighted by Crippen LogP contribution is -2.46. The highest BCUT2D eigenvalue weighted by Crippen LogP contribution is 2.28. The fourth-order valence-corrected chi connectivity index (χ4v) is 3.55. The van der Waals surface area contributed by atoms with Crippen LogP contribution in [-0.4, -0.2) is 54.3 Å². The molecule has 1 aliphatic rings. The SMILES string of the molecule is CCNC(=O)CN(CC)C(=O)[C@H](c1cccc(Br)c1)N1CCCC1. The fourth-order valence-electron chi connectivity index (χ4n) is 3.13. The zero-order chi connectivity index (χ0) is 17.5. The Balaban J connectivity index is 2.24. The van der Waals surface area contributed by atoms with E-state index in [0.29, 0.717) is 13.1 Å². The Morgan fingerprint density at radius 1 is 1.29 bits per heavy atom. The van der Waals surface area contributed by atoms with Crippen molar-refractivity contribution < 1.29 is 9.59 Å². The molecule has 1 fully saturated rings. The molecule has 1 atom stereocenters. The molecule has 2 amide bonds. The van der Waals surface area contributed by atoms with Gasteiger partial charge in [-0.1, -0.05) is 28.1 Å². The normalized spacial score (nSPS) is 16.0. The van der Waals surface area contributed by atoms with E-state index >= 15 is 0 Å². The quantitative estimate of drug-likeness (QED) is 0.771. The van der Waals surface area contributed by atoms with E-state index in [0.717, 1.165) is 36.0 Å². The van der Waals surface area contributed by atoms with Crippen LogP contribution in [0.2, 0.25) is 0 Å². The highest BCUT2D eigenvalue weighted by atomic mass is 79.9. The molecule has 2 rings (SSSR count). The maximum absolute atomic E-state index is 13.2. The van der Waals surface area contributed by atoms with Crippen molar-refractivity contribution in [2.24, 2.45) is 0 Å². The number of carbonyl (C=O) groups is 2. The molecule has 1 N–H and O–H groups in total. The Bertz CT molecular complexity index is 573. The van der Waals surface area contributed by atoms with Gasteiger partial charge in [-0.15, -0.1) is 0 Å². The predicted octanol–water partition coefficient (Wildman–Crippen LogP) is 2.57. The second-order valence-corrected chi connectivity index (χ2v) is 6.92. The van der Waals surface area contributed by atoms with Crippen molar-refractivity contribution in [1.82, 2.24) is 15.1 Å². The Hall–Kier alpha value is -1.40. The molecule has 1 aromatic carbocycles. The molecule has 132 valence electrons. The zero-order valence-electron chi connectivity index (χ0n) is 14.4. The molecule has 0 unspecified atom stereocenters. The molecule has 5 nitrogen and oxygen atoms in total. The van der Waals surface area contributed by atoms with Gasteiger partial charge in [0.1, 0.15) is 6.04 Å². The summed E-state index contributed by atoms with van der Waals surface area (Å²) in [7, 11) is 0. The van der Waals surface area contributed by atoms with Crippen molar-refractivity contribution in [3.05, 3.63) is 34.3 Å². The molecule has 24 heavy (non-hydrogen) atoms. The van der Waals surface area contributed by atoms with E-state index in [9.17, 15) is 9.59 Å². The number of rotatable bonds is 7. The van der Waals surface area contributed by atoms with Crippen molar-refractivity contribution in [1.29, 1.82) is 0 Å². The minimum Gasteiger partial charge on any atom is -0.355 e. The number of nitrogens with one attached hydrogen (secondary N) is 1. The Morgan fingerprint density at radius 2 is 2.00 bits per heavy atom. The highest BCUT2D eigenvalue weighted by Gasteiger charge is 2.33. The van der Waals surface area contributed by atoms with E-state index in [-0.39, 0.29) is 24.4 Å². The summed E-state index contributed by atoms with van der Waals surface area (Å²) in [4.78, 5) is 29.0. The third kappa shape index (κ3) is 4.80. The van der Waals surface area contributed by atoms with Gasteiger partial charge in [-0.25, -0.2) is 0 Å². The zero-order valence-corrected chi connectivity index (χ0v) is 16.0. The first kappa shape index (κ1) is 18.9. The monoisotopic (exact) mass is 395 g/mol. The number of carbonyl (C=O) groups excluding carboxylic acids is 2. The number of likely N-dealkylation sites (tertiary alicyclic amines) is 1. The number of benzene rings is 1. The van der Waals surface area contributed by atoms with Crippen molar-refractivity contribution >= 4 is 27.7 Å². The first-order valence-corrected chi connectivity index (χ1v) is 9.41. The summed E-state index contributed by atoms with van der Waals surface area (Å²) in [6.07, 6.45) is 2.22. The molecule has 0 aliphatic carbocycles. The Kier molecular flexibility index (Phi) is 7.24. The van der Waals surface area contributed by atoms with Crippen LogP contribution in [-0.2, 0) is 9.59 Å². The molecule has 0 aromatic heterocycles. The van der Waals surface area contributed by atoms with Crippen LogP contribution in [0.1, 0.15) is 38.3 Å². The summed E-state index contributed by atoms with van der Waals surface area (Å²) in [6, 6.07) is 7.59. The van der Waals surface area contributed by atoms with E-state index in [1.807, 2.05) is 38.1 Å². The maximum Gasteiger partial charge on any atom is 0.244 e. The van der Waals surface area contributed by atoms with E-state index in [4.69, 9.17) is 0 Å². The first-order valence-electron chi connectivity index (χ1n) is 8.61. The molecule has 0 radical (unpaired) electrons. The van der Waals surface area contributed by atoms with Gasteiger partial charge in [0, 0.05) is 17.6 Å². The second kappa shape index (κ2) is 9.18. The van der Waals surface area contributed by atoms with Crippen LogP contribution in [0.3, 0.4) is 0 Å². The summed E-state index contributed by atoms with van der Waals surface area (Å²) in [6.45, 7) is 6.84. The van der Waals surface area contributed by atoms with Gasteiger partial charge >= 0.3 is 0 Å².